The maximum absolute atomic E-state index is 5.66. The molecule has 1 fully saturated rings. The van der Waals surface area contributed by atoms with Gasteiger partial charge in [0.15, 0.2) is 10.1 Å². The van der Waals surface area contributed by atoms with Crippen LogP contribution in [-0.4, -0.2) is 41.5 Å². The third-order valence-electron chi connectivity index (χ3n) is 2.94. The molecule has 1 aliphatic rings. The van der Waals surface area contributed by atoms with Crippen molar-refractivity contribution in [2.45, 2.75) is 13.3 Å². The first-order chi connectivity index (χ1) is 9.28. The maximum Gasteiger partial charge on any atom is 0.203 e. The molecular weight excluding hydrogens is 282 g/mol. The fourth-order valence-electron chi connectivity index (χ4n) is 1.96. The molecule has 0 aliphatic carbocycles. The van der Waals surface area contributed by atoms with Crippen LogP contribution in [0.25, 0.3) is 9.88 Å². The van der Waals surface area contributed by atoms with E-state index in [0.29, 0.717) is 5.13 Å². The summed E-state index contributed by atoms with van der Waals surface area (Å²) in [6.45, 7) is 5.43. The van der Waals surface area contributed by atoms with Crippen LogP contribution in [-0.2, 0) is 11.2 Å². The van der Waals surface area contributed by atoms with Crippen molar-refractivity contribution in [2.24, 2.45) is 0 Å². The van der Waals surface area contributed by atoms with E-state index in [2.05, 4.69) is 22.0 Å². The Balaban J connectivity index is 1.93. The highest BCUT2D eigenvalue weighted by Crippen LogP contribution is 2.37. The molecule has 3 heterocycles. The van der Waals surface area contributed by atoms with E-state index in [1.165, 1.54) is 11.3 Å². The topological polar surface area (TPSA) is 77.2 Å². The van der Waals surface area contributed by atoms with Crippen molar-refractivity contribution in [3.63, 3.8) is 0 Å². The first-order valence-corrected chi connectivity index (χ1v) is 7.83. The first kappa shape index (κ1) is 12.8. The minimum Gasteiger partial charge on any atom is -0.378 e. The highest BCUT2D eigenvalue weighted by atomic mass is 32.1. The molecule has 3 rings (SSSR count). The number of hydrogen-bond donors (Lipinski definition) is 1. The number of aromatic nitrogens is 3. The van der Waals surface area contributed by atoms with Gasteiger partial charge in [0.25, 0.3) is 0 Å². The van der Waals surface area contributed by atoms with Gasteiger partial charge in [0.2, 0.25) is 5.13 Å². The number of thiazole rings is 1. The van der Waals surface area contributed by atoms with Gasteiger partial charge in [0.05, 0.1) is 23.8 Å². The zero-order valence-electron chi connectivity index (χ0n) is 10.6. The Bertz CT molecular complexity index is 561. The zero-order valence-corrected chi connectivity index (χ0v) is 12.3. The van der Waals surface area contributed by atoms with Gasteiger partial charge in [0, 0.05) is 13.1 Å². The summed E-state index contributed by atoms with van der Waals surface area (Å²) < 4.78 is 5.37. The SMILES string of the molecule is CCc1nc(N2CCOCC2)sc1-c1nnc(N)s1. The molecule has 2 aromatic heterocycles. The Labute approximate surface area is 119 Å². The molecule has 6 nitrogen and oxygen atoms in total. The van der Waals surface area contributed by atoms with Crippen LogP contribution < -0.4 is 10.6 Å². The molecule has 0 spiro atoms. The van der Waals surface area contributed by atoms with Crippen LogP contribution in [0.3, 0.4) is 0 Å². The smallest absolute Gasteiger partial charge is 0.203 e. The zero-order chi connectivity index (χ0) is 13.2. The molecule has 0 bridgehead atoms. The van der Waals surface area contributed by atoms with Crippen molar-refractivity contribution in [1.82, 2.24) is 15.2 Å². The van der Waals surface area contributed by atoms with Gasteiger partial charge in [-0.15, -0.1) is 10.2 Å². The van der Waals surface area contributed by atoms with E-state index in [4.69, 9.17) is 15.5 Å². The summed E-state index contributed by atoms with van der Waals surface area (Å²) in [7, 11) is 0. The van der Waals surface area contributed by atoms with Crippen LogP contribution in [0.1, 0.15) is 12.6 Å². The van der Waals surface area contributed by atoms with Gasteiger partial charge < -0.3 is 15.4 Å². The van der Waals surface area contributed by atoms with Gasteiger partial charge in [-0.1, -0.05) is 29.6 Å². The Kier molecular flexibility index (Phi) is 3.63. The number of anilines is 2. The highest BCUT2D eigenvalue weighted by molar-refractivity contribution is 7.25. The quantitative estimate of drug-likeness (QED) is 0.928. The summed E-state index contributed by atoms with van der Waals surface area (Å²) in [5, 5.41) is 10.4. The van der Waals surface area contributed by atoms with E-state index < -0.39 is 0 Å². The van der Waals surface area contributed by atoms with Crippen molar-refractivity contribution in [1.29, 1.82) is 0 Å². The van der Waals surface area contributed by atoms with Crippen LogP contribution >= 0.6 is 22.7 Å². The lowest BCUT2D eigenvalue weighted by Crippen LogP contribution is -2.36. The van der Waals surface area contributed by atoms with Crippen molar-refractivity contribution < 1.29 is 4.74 Å². The highest BCUT2D eigenvalue weighted by Gasteiger charge is 2.20. The second-order valence-electron chi connectivity index (χ2n) is 4.17. The number of nitrogens with zero attached hydrogens (tertiary/aromatic N) is 4. The van der Waals surface area contributed by atoms with Crippen LogP contribution in [0.15, 0.2) is 0 Å². The predicted molar refractivity (Wildman–Crippen MR) is 77.8 cm³/mol. The molecule has 19 heavy (non-hydrogen) atoms. The van der Waals surface area contributed by atoms with Gasteiger partial charge in [-0.05, 0) is 6.42 Å². The molecule has 0 atom stereocenters. The molecule has 2 aromatic rings. The Morgan fingerprint density at radius 1 is 1.26 bits per heavy atom. The molecule has 8 heteroatoms. The number of nitrogens with two attached hydrogens (primary N) is 1. The second-order valence-corrected chi connectivity index (χ2v) is 6.16. The van der Waals surface area contributed by atoms with E-state index in [9.17, 15) is 0 Å². The normalized spacial score (nSPS) is 15.9. The van der Waals surface area contributed by atoms with E-state index in [1.807, 2.05) is 0 Å². The fourth-order valence-corrected chi connectivity index (χ4v) is 3.87. The largest absolute Gasteiger partial charge is 0.378 e. The lowest BCUT2D eigenvalue weighted by atomic mass is 10.3. The molecule has 102 valence electrons. The van der Waals surface area contributed by atoms with Crippen molar-refractivity contribution in [2.75, 3.05) is 36.9 Å². The minimum atomic E-state index is 0.498. The fraction of sp³-hybridized carbons (Fsp3) is 0.545. The molecule has 0 unspecified atom stereocenters. The summed E-state index contributed by atoms with van der Waals surface area (Å²) in [5.74, 6) is 0. The average molecular weight is 297 g/mol. The predicted octanol–water partition coefficient (Wildman–Crippen LogP) is 1.64. The molecule has 1 saturated heterocycles. The monoisotopic (exact) mass is 297 g/mol. The Hall–Kier alpha value is -1.25. The number of aryl methyl sites for hydroxylation is 1. The standard InChI is InChI=1S/C11H15N5OS2/c1-2-7-8(9-14-15-10(12)19-9)18-11(13-7)16-3-5-17-6-4-16/h2-6H2,1H3,(H2,12,15). The summed E-state index contributed by atoms with van der Waals surface area (Å²) in [4.78, 5) is 8.09. The van der Waals surface area contributed by atoms with Crippen molar-refractivity contribution in [3.8, 4) is 9.88 Å². The van der Waals surface area contributed by atoms with Gasteiger partial charge in [-0.25, -0.2) is 4.98 Å². The lowest BCUT2D eigenvalue weighted by Gasteiger charge is -2.26. The number of nitrogen functional groups attached to an aromatic ring is 1. The van der Waals surface area contributed by atoms with Crippen LogP contribution in [0.4, 0.5) is 10.3 Å². The van der Waals surface area contributed by atoms with E-state index >= 15 is 0 Å². The number of morpholine rings is 1. The molecule has 0 saturated carbocycles. The number of hydrogen-bond acceptors (Lipinski definition) is 8. The summed E-state index contributed by atoms with van der Waals surface area (Å²) in [6, 6.07) is 0. The van der Waals surface area contributed by atoms with E-state index in [0.717, 1.165) is 53.4 Å². The van der Waals surface area contributed by atoms with E-state index in [1.54, 1.807) is 11.3 Å². The summed E-state index contributed by atoms with van der Waals surface area (Å²) in [5.41, 5.74) is 6.73. The van der Waals surface area contributed by atoms with Crippen molar-refractivity contribution >= 4 is 32.9 Å². The molecule has 1 aliphatic heterocycles. The molecule has 0 aromatic carbocycles. The van der Waals surface area contributed by atoms with Gasteiger partial charge in [-0.2, -0.15) is 0 Å². The number of rotatable bonds is 3. The van der Waals surface area contributed by atoms with Crippen molar-refractivity contribution in [3.05, 3.63) is 5.69 Å². The first-order valence-electron chi connectivity index (χ1n) is 6.19. The molecule has 2 N–H and O–H groups in total. The van der Waals surface area contributed by atoms with Crippen LogP contribution in [0, 0.1) is 0 Å². The van der Waals surface area contributed by atoms with Gasteiger partial charge >= 0.3 is 0 Å². The summed E-state index contributed by atoms with van der Waals surface area (Å²) in [6.07, 6.45) is 0.885. The average Bonchev–Trinajstić information content (AvgIpc) is 3.05. The van der Waals surface area contributed by atoms with Crippen LogP contribution in [0.2, 0.25) is 0 Å². The minimum absolute atomic E-state index is 0.498. The van der Waals surface area contributed by atoms with Gasteiger partial charge in [-0.3, -0.25) is 0 Å². The third-order valence-corrected chi connectivity index (χ3v) is 5.00. The number of ether oxygens (including phenoxy) is 1. The molecule has 0 amide bonds. The third kappa shape index (κ3) is 2.56. The molecule has 0 radical (unpaired) electrons. The lowest BCUT2D eigenvalue weighted by molar-refractivity contribution is 0.122. The Morgan fingerprint density at radius 2 is 2.05 bits per heavy atom. The van der Waals surface area contributed by atoms with Crippen LogP contribution in [0.5, 0.6) is 0 Å². The maximum atomic E-state index is 5.66. The summed E-state index contributed by atoms with van der Waals surface area (Å²) >= 11 is 3.08. The van der Waals surface area contributed by atoms with E-state index in [-0.39, 0.29) is 0 Å². The Morgan fingerprint density at radius 3 is 2.68 bits per heavy atom. The van der Waals surface area contributed by atoms with Gasteiger partial charge in [0.1, 0.15) is 0 Å². The molecular formula is C11H15N5OS2. The second kappa shape index (κ2) is 5.40.